The number of amides is 1. The third-order valence-electron chi connectivity index (χ3n) is 3.78. The molecule has 1 heterocycles. The molecule has 0 aromatic carbocycles. The Morgan fingerprint density at radius 2 is 2.11 bits per heavy atom. The van der Waals surface area contributed by atoms with E-state index >= 15 is 0 Å². The molecular formula is C14H25N3O2. The Kier molecular flexibility index (Phi) is 6.26. The highest BCUT2D eigenvalue weighted by atomic mass is 16.5. The van der Waals surface area contributed by atoms with Gasteiger partial charge < -0.3 is 15.0 Å². The van der Waals surface area contributed by atoms with E-state index in [0.29, 0.717) is 19.6 Å². The van der Waals surface area contributed by atoms with E-state index in [1.807, 2.05) is 18.7 Å². The first-order chi connectivity index (χ1) is 9.07. The highest BCUT2D eigenvalue weighted by molar-refractivity contribution is 5.83. The Bertz CT molecular complexity index is 325. The first-order valence-electron chi connectivity index (χ1n) is 6.95. The quantitative estimate of drug-likeness (QED) is 0.784. The van der Waals surface area contributed by atoms with Crippen molar-refractivity contribution in [1.82, 2.24) is 10.2 Å². The van der Waals surface area contributed by atoms with Gasteiger partial charge in [0.15, 0.2) is 0 Å². The zero-order chi connectivity index (χ0) is 14.3. The number of hydrogen-bond donors (Lipinski definition) is 1. The smallest absolute Gasteiger partial charge is 0.231 e. The first-order valence-corrected chi connectivity index (χ1v) is 6.95. The third-order valence-corrected chi connectivity index (χ3v) is 3.78. The van der Waals surface area contributed by atoms with Crippen LogP contribution in [0.15, 0.2) is 0 Å². The Morgan fingerprint density at radius 3 is 2.58 bits per heavy atom. The lowest BCUT2D eigenvalue weighted by Crippen LogP contribution is -2.53. The van der Waals surface area contributed by atoms with Crippen LogP contribution in [0.25, 0.3) is 0 Å². The minimum atomic E-state index is -0.417. The lowest BCUT2D eigenvalue weighted by molar-refractivity contribution is -0.149. The second-order valence-corrected chi connectivity index (χ2v) is 5.46. The summed E-state index contributed by atoms with van der Waals surface area (Å²) in [6, 6.07) is 2.23. The average Bonchev–Trinajstić information content (AvgIpc) is 2.40. The molecule has 0 radical (unpaired) electrons. The van der Waals surface area contributed by atoms with E-state index in [1.54, 1.807) is 7.11 Å². The maximum Gasteiger partial charge on any atom is 0.231 e. The Hall–Kier alpha value is -1.12. The summed E-state index contributed by atoms with van der Waals surface area (Å²) in [5, 5.41) is 12.0. The van der Waals surface area contributed by atoms with E-state index in [2.05, 4.69) is 11.4 Å². The number of nitriles is 1. The molecule has 5 heteroatoms. The highest BCUT2D eigenvalue weighted by Crippen LogP contribution is 2.32. The summed E-state index contributed by atoms with van der Waals surface area (Å²) in [6.07, 6.45) is 1.98. The zero-order valence-corrected chi connectivity index (χ0v) is 12.2. The summed E-state index contributed by atoms with van der Waals surface area (Å²) in [6.45, 7) is 6.65. The summed E-state index contributed by atoms with van der Waals surface area (Å²) < 4.78 is 5.30. The molecule has 1 fully saturated rings. The Balaban J connectivity index is 2.86. The van der Waals surface area contributed by atoms with Crippen LogP contribution in [-0.2, 0) is 9.53 Å². The number of methoxy groups -OCH3 is 1. The van der Waals surface area contributed by atoms with Gasteiger partial charge in [0.05, 0.1) is 24.5 Å². The number of nitrogens with zero attached hydrogens (tertiary/aromatic N) is 2. The van der Waals surface area contributed by atoms with Gasteiger partial charge in [-0.1, -0.05) is 0 Å². The second-order valence-electron chi connectivity index (χ2n) is 5.46. The Morgan fingerprint density at radius 1 is 1.47 bits per heavy atom. The molecule has 0 spiro atoms. The van der Waals surface area contributed by atoms with E-state index in [9.17, 15) is 4.79 Å². The summed E-state index contributed by atoms with van der Waals surface area (Å²) in [7, 11) is 1.64. The fraction of sp³-hybridized carbons (Fsp3) is 0.857. The van der Waals surface area contributed by atoms with Gasteiger partial charge in [0.2, 0.25) is 5.91 Å². The summed E-state index contributed by atoms with van der Waals surface area (Å²) in [5.41, 5.74) is -0.417. The number of nitrogens with one attached hydrogen (secondary N) is 1. The van der Waals surface area contributed by atoms with Gasteiger partial charge in [-0.3, -0.25) is 4.79 Å². The number of piperidine rings is 1. The van der Waals surface area contributed by atoms with Gasteiger partial charge in [0.1, 0.15) is 0 Å². The van der Waals surface area contributed by atoms with Gasteiger partial charge in [-0.2, -0.15) is 5.26 Å². The lowest BCUT2D eigenvalue weighted by atomic mass is 9.78. The van der Waals surface area contributed by atoms with Gasteiger partial charge in [0.25, 0.3) is 0 Å². The van der Waals surface area contributed by atoms with Crippen molar-refractivity contribution in [3.63, 3.8) is 0 Å². The fourth-order valence-electron chi connectivity index (χ4n) is 2.67. The van der Waals surface area contributed by atoms with Crippen molar-refractivity contribution < 1.29 is 9.53 Å². The summed E-state index contributed by atoms with van der Waals surface area (Å²) >= 11 is 0. The zero-order valence-electron chi connectivity index (χ0n) is 12.2. The van der Waals surface area contributed by atoms with Crippen molar-refractivity contribution in [3.8, 4) is 6.07 Å². The van der Waals surface area contributed by atoms with Crippen LogP contribution in [0.5, 0.6) is 0 Å². The third kappa shape index (κ3) is 3.92. The number of ether oxygens (including phenoxy) is 1. The van der Waals surface area contributed by atoms with Crippen LogP contribution in [0.3, 0.4) is 0 Å². The van der Waals surface area contributed by atoms with Crippen LogP contribution in [0.4, 0.5) is 0 Å². The molecule has 1 amide bonds. The Labute approximate surface area is 115 Å². The van der Waals surface area contributed by atoms with Crippen molar-refractivity contribution in [3.05, 3.63) is 0 Å². The topological polar surface area (TPSA) is 65.4 Å². The SMILES string of the molecule is COCC1(C(=O)N(CCC#N)C(C)C)CCNCC1. The van der Waals surface area contributed by atoms with Crippen LogP contribution in [0.1, 0.15) is 33.1 Å². The van der Waals surface area contributed by atoms with Crippen molar-refractivity contribution in [2.75, 3.05) is 33.4 Å². The molecule has 1 aliphatic rings. The molecule has 0 bridgehead atoms. The number of hydrogen-bond acceptors (Lipinski definition) is 4. The first kappa shape index (κ1) is 15.9. The van der Waals surface area contributed by atoms with Crippen LogP contribution in [-0.4, -0.2) is 50.2 Å². The molecule has 0 aromatic heterocycles. The molecule has 0 aromatic rings. The standard InChI is InChI=1S/C14H25N3O2/c1-12(2)17(10-4-7-15)13(18)14(11-19-3)5-8-16-9-6-14/h12,16H,4-6,8-11H2,1-3H3. The number of rotatable bonds is 6. The average molecular weight is 267 g/mol. The molecule has 1 rings (SSSR count). The number of carbonyl (C=O) groups is 1. The number of carbonyl (C=O) groups excluding carboxylic acids is 1. The van der Waals surface area contributed by atoms with E-state index in [-0.39, 0.29) is 11.9 Å². The van der Waals surface area contributed by atoms with Crippen molar-refractivity contribution in [2.45, 2.75) is 39.2 Å². The molecule has 19 heavy (non-hydrogen) atoms. The van der Waals surface area contributed by atoms with E-state index in [1.165, 1.54) is 0 Å². The van der Waals surface area contributed by atoms with Crippen LogP contribution in [0.2, 0.25) is 0 Å². The molecule has 1 saturated heterocycles. The maximum absolute atomic E-state index is 12.9. The maximum atomic E-state index is 12.9. The molecule has 108 valence electrons. The molecule has 1 aliphatic heterocycles. The molecule has 0 aliphatic carbocycles. The fourth-order valence-corrected chi connectivity index (χ4v) is 2.67. The van der Waals surface area contributed by atoms with Crippen LogP contribution >= 0.6 is 0 Å². The normalized spacial score (nSPS) is 18.1. The van der Waals surface area contributed by atoms with Gasteiger partial charge in [-0.25, -0.2) is 0 Å². The molecule has 0 unspecified atom stereocenters. The molecular weight excluding hydrogens is 242 g/mol. The largest absolute Gasteiger partial charge is 0.384 e. The molecule has 0 saturated carbocycles. The van der Waals surface area contributed by atoms with Crippen molar-refractivity contribution >= 4 is 5.91 Å². The van der Waals surface area contributed by atoms with Gasteiger partial charge >= 0.3 is 0 Å². The minimum Gasteiger partial charge on any atom is -0.384 e. The van der Waals surface area contributed by atoms with Crippen molar-refractivity contribution in [2.24, 2.45) is 5.41 Å². The van der Waals surface area contributed by atoms with Crippen LogP contribution in [0, 0.1) is 16.7 Å². The van der Waals surface area contributed by atoms with Gasteiger partial charge in [-0.05, 0) is 39.8 Å². The van der Waals surface area contributed by atoms with E-state index in [0.717, 1.165) is 25.9 Å². The lowest BCUT2D eigenvalue weighted by Gasteiger charge is -2.41. The van der Waals surface area contributed by atoms with Gasteiger partial charge in [0, 0.05) is 19.7 Å². The predicted molar refractivity (Wildman–Crippen MR) is 73.5 cm³/mol. The van der Waals surface area contributed by atoms with Crippen molar-refractivity contribution in [1.29, 1.82) is 5.26 Å². The highest BCUT2D eigenvalue weighted by Gasteiger charge is 2.42. The summed E-state index contributed by atoms with van der Waals surface area (Å²) in [5.74, 6) is 0.140. The molecule has 0 atom stereocenters. The van der Waals surface area contributed by atoms with E-state index in [4.69, 9.17) is 10.00 Å². The molecule has 1 N–H and O–H groups in total. The van der Waals surface area contributed by atoms with Crippen LogP contribution < -0.4 is 5.32 Å². The molecule has 5 nitrogen and oxygen atoms in total. The second kappa shape index (κ2) is 7.46. The monoisotopic (exact) mass is 267 g/mol. The predicted octanol–water partition coefficient (Wildman–Crippen LogP) is 1.15. The van der Waals surface area contributed by atoms with E-state index < -0.39 is 5.41 Å². The summed E-state index contributed by atoms with van der Waals surface area (Å²) in [4.78, 5) is 14.7. The minimum absolute atomic E-state index is 0.115. The van der Waals surface area contributed by atoms with Gasteiger partial charge in [-0.15, -0.1) is 0 Å².